The maximum atomic E-state index is 12.2. The van der Waals surface area contributed by atoms with Crippen LogP contribution < -0.4 is 10.1 Å². The monoisotopic (exact) mass is 324 g/mol. The fourth-order valence-corrected chi connectivity index (χ4v) is 2.10. The molecule has 0 spiro atoms. The molecule has 23 heavy (non-hydrogen) atoms. The number of benzene rings is 1. The number of furan rings is 1. The van der Waals surface area contributed by atoms with Gasteiger partial charge in [-0.25, -0.2) is 0 Å². The number of hydrogen-bond acceptors (Lipinski definition) is 3. The number of ether oxygens (including phenoxy) is 1. The predicted octanol–water partition coefficient (Wildman–Crippen LogP) is 3.59. The fraction of sp³-hybridized carbons (Fsp3) is 0.133. The van der Waals surface area contributed by atoms with Crippen LogP contribution in [0.5, 0.6) is 5.75 Å². The van der Waals surface area contributed by atoms with E-state index in [-0.39, 0.29) is 18.0 Å². The third-order valence-electron chi connectivity index (χ3n) is 3.08. The Kier molecular flexibility index (Phi) is 3.73. The highest BCUT2D eigenvalue weighted by Crippen LogP contribution is 2.26. The number of nitrogens with one attached hydrogen (secondary N) is 2. The molecule has 0 saturated heterocycles. The summed E-state index contributed by atoms with van der Waals surface area (Å²) >= 11 is 0. The quantitative estimate of drug-likeness (QED) is 0.771. The van der Waals surface area contributed by atoms with Gasteiger partial charge in [-0.3, -0.25) is 4.79 Å². The minimum atomic E-state index is -4.76. The number of halogens is 3. The van der Waals surface area contributed by atoms with Crippen LogP contribution in [-0.4, -0.2) is 17.3 Å². The number of fused-ring (bicyclic) bond motifs is 1. The molecule has 2 N–H and O–H groups in total. The summed E-state index contributed by atoms with van der Waals surface area (Å²) in [5, 5.41) is 3.24. The van der Waals surface area contributed by atoms with Crippen LogP contribution in [0.3, 0.4) is 0 Å². The molecule has 2 aromatic heterocycles. The van der Waals surface area contributed by atoms with Crippen molar-refractivity contribution < 1.29 is 27.1 Å². The van der Waals surface area contributed by atoms with Crippen molar-refractivity contribution in [2.45, 2.75) is 12.9 Å². The molecule has 3 rings (SSSR count). The van der Waals surface area contributed by atoms with Crippen molar-refractivity contribution in [3.63, 3.8) is 0 Å². The molecule has 2 heterocycles. The zero-order valence-corrected chi connectivity index (χ0v) is 11.6. The first-order chi connectivity index (χ1) is 10.9. The normalized spacial score (nSPS) is 11.6. The zero-order chi connectivity index (χ0) is 16.4. The highest BCUT2D eigenvalue weighted by molar-refractivity contribution is 5.98. The molecule has 8 heteroatoms. The first-order valence-corrected chi connectivity index (χ1v) is 6.60. The molecule has 1 aromatic carbocycles. The van der Waals surface area contributed by atoms with Gasteiger partial charge < -0.3 is 19.5 Å². The van der Waals surface area contributed by atoms with Crippen molar-refractivity contribution in [2.75, 3.05) is 0 Å². The summed E-state index contributed by atoms with van der Waals surface area (Å²) in [5.41, 5.74) is 0.602. The summed E-state index contributed by atoms with van der Waals surface area (Å²) in [7, 11) is 0. The largest absolute Gasteiger partial charge is 0.573 e. The number of amides is 1. The molecular formula is C15H11F3N2O3. The standard InChI is InChI=1S/C15H11F3N2O3/c16-15(17,18)23-10-4-3-9-6-13(20-12(9)7-10)14(21)19-8-11-2-1-5-22-11/h1-7,20H,8H2,(H,19,21). The number of carbonyl (C=O) groups is 1. The van der Waals surface area contributed by atoms with Crippen LogP contribution in [0.15, 0.2) is 47.1 Å². The molecule has 0 radical (unpaired) electrons. The van der Waals surface area contributed by atoms with Crippen molar-refractivity contribution in [2.24, 2.45) is 0 Å². The van der Waals surface area contributed by atoms with Gasteiger partial charge >= 0.3 is 6.36 Å². The van der Waals surface area contributed by atoms with Crippen molar-refractivity contribution in [3.8, 4) is 5.75 Å². The molecule has 0 aliphatic rings. The van der Waals surface area contributed by atoms with Gasteiger partial charge in [0.15, 0.2) is 0 Å². The molecule has 1 amide bonds. The third-order valence-corrected chi connectivity index (χ3v) is 3.08. The summed E-state index contributed by atoms with van der Waals surface area (Å²) in [5.74, 6) is -0.152. The number of alkyl halides is 3. The number of H-pyrrole nitrogens is 1. The van der Waals surface area contributed by atoms with Crippen molar-refractivity contribution in [1.29, 1.82) is 0 Å². The van der Waals surface area contributed by atoms with E-state index >= 15 is 0 Å². The van der Waals surface area contributed by atoms with Crippen molar-refractivity contribution in [1.82, 2.24) is 10.3 Å². The van der Waals surface area contributed by atoms with E-state index in [1.807, 2.05) is 0 Å². The summed E-state index contributed by atoms with van der Waals surface area (Å²) < 4.78 is 45.5. The van der Waals surface area contributed by atoms with Gasteiger partial charge in [0.1, 0.15) is 17.2 Å². The first kappa shape index (κ1) is 15.0. The molecule has 0 atom stereocenters. The van der Waals surface area contributed by atoms with Gasteiger partial charge in [0.2, 0.25) is 0 Å². The number of hydrogen-bond donors (Lipinski definition) is 2. The molecule has 0 saturated carbocycles. The maximum Gasteiger partial charge on any atom is 0.573 e. The van der Waals surface area contributed by atoms with Crippen molar-refractivity contribution >= 4 is 16.8 Å². The van der Waals surface area contributed by atoms with Crippen LogP contribution in [0.25, 0.3) is 10.9 Å². The van der Waals surface area contributed by atoms with Crippen LogP contribution in [0.2, 0.25) is 0 Å². The second-order valence-electron chi connectivity index (χ2n) is 4.74. The van der Waals surface area contributed by atoms with E-state index < -0.39 is 12.3 Å². The minimum absolute atomic E-state index is 0.212. The molecule has 0 unspecified atom stereocenters. The molecule has 0 aliphatic heterocycles. The van der Waals surface area contributed by atoms with E-state index in [9.17, 15) is 18.0 Å². The van der Waals surface area contributed by atoms with Gasteiger partial charge in [-0.05, 0) is 30.3 Å². The Hall–Kier alpha value is -2.90. The van der Waals surface area contributed by atoms with Gasteiger partial charge in [-0.2, -0.15) is 0 Å². The predicted molar refractivity (Wildman–Crippen MR) is 74.9 cm³/mol. The Labute approximate surface area is 128 Å². The number of aromatic amines is 1. The molecule has 3 aromatic rings. The van der Waals surface area contributed by atoms with Crippen LogP contribution in [0, 0.1) is 0 Å². The Balaban J connectivity index is 1.75. The summed E-state index contributed by atoms with van der Waals surface area (Å²) in [4.78, 5) is 14.8. The van der Waals surface area contributed by atoms with Crippen LogP contribution in [0.4, 0.5) is 13.2 Å². The Morgan fingerprint density at radius 2 is 2.09 bits per heavy atom. The Bertz CT molecular complexity index is 822. The summed E-state index contributed by atoms with van der Waals surface area (Å²) in [6.07, 6.45) is -3.27. The highest BCUT2D eigenvalue weighted by Gasteiger charge is 2.31. The molecular weight excluding hydrogens is 313 g/mol. The van der Waals surface area contributed by atoms with Gasteiger partial charge in [-0.1, -0.05) is 0 Å². The van der Waals surface area contributed by atoms with Crippen molar-refractivity contribution in [3.05, 3.63) is 54.1 Å². The maximum absolute atomic E-state index is 12.2. The Morgan fingerprint density at radius 3 is 2.78 bits per heavy atom. The molecule has 0 fully saturated rings. The minimum Gasteiger partial charge on any atom is -0.467 e. The SMILES string of the molecule is O=C(NCc1ccco1)c1cc2ccc(OC(F)(F)F)cc2[nH]1. The smallest absolute Gasteiger partial charge is 0.467 e. The van der Waals surface area contributed by atoms with E-state index in [1.165, 1.54) is 24.5 Å². The number of rotatable bonds is 4. The average Bonchev–Trinajstić information content (AvgIpc) is 3.11. The van der Waals surface area contributed by atoms with E-state index in [0.717, 1.165) is 0 Å². The third kappa shape index (κ3) is 3.65. The first-order valence-electron chi connectivity index (χ1n) is 6.60. The van der Waals surface area contributed by atoms with Crippen LogP contribution >= 0.6 is 0 Å². The van der Waals surface area contributed by atoms with Gasteiger partial charge in [-0.15, -0.1) is 13.2 Å². The lowest BCUT2D eigenvalue weighted by atomic mass is 10.2. The van der Waals surface area contributed by atoms with E-state index in [0.29, 0.717) is 16.7 Å². The fourth-order valence-electron chi connectivity index (χ4n) is 2.10. The second-order valence-corrected chi connectivity index (χ2v) is 4.74. The molecule has 5 nitrogen and oxygen atoms in total. The number of aromatic nitrogens is 1. The van der Waals surface area contributed by atoms with E-state index in [1.54, 1.807) is 18.2 Å². The average molecular weight is 324 g/mol. The summed E-state index contributed by atoms with van der Waals surface area (Å²) in [6, 6.07) is 8.78. The molecule has 0 bridgehead atoms. The highest BCUT2D eigenvalue weighted by atomic mass is 19.4. The summed E-state index contributed by atoms with van der Waals surface area (Å²) in [6.45, 7) is 0.212. The van der Waals surface area contributed by atoms with Gasteiger partial charge in [0, 0.05) is 17.0 Å². The van der Waals surface area contributed by atoms with E-state index in [4.69, 9.17) is 4.42 Å². The van der Waals surface area contributed by atoms with Crippen LogP contribution in [0.1, 0.15) is 16.2 Å². The lowest BCUT2D eigenvalue weighted by Gasteiger charge is -2.08. The van der Waals surface area contributed by atoms with Gasteiger partial charge in [0.25, 0.3) is 5.91 Å². The number of carbonyl (C=O) groups excluding carboxylic acids is 1. The van der Waals surface area contributed by atoms with Crippen LogP contribution in [-0.2, 0) is 6.54 Å². The Morgan fingerprint density at radius 1 is 1.26 bits per heavy atom. The second kappa shape index (κ2) is 5.71. The zero-order valence-electron chi connectivity index (χ0n) is 11.6. The van der Waals surface area contributed by atoms with E-state index in [2.05, 4.69) is 15.0 Å². The topological polar surface area (TPSA) is 67.3 Å². The lowest BCUT2D eigenvalue weighted by Crippen LogP contribution is -2.22. The van der Waals surface area contributed by atoms with Gasteiger partial charge in [0.05, 0.1) is 12.8 Å². The lowest BCUT2D eigenvalue weighted by molar-refractivity contribution is -0.274. The molecule has 0 aliphatic carbocycles. The molecule has 120 valence electrons.